The van der Waals surface area contributed by atoms with Crippen molar-refractivity contribution in [3.63, 3.8) is 0 Å². The average Bonchev–Trinajstić information content (AvgIpc) is 3.35. The number of fused-ring (bicyclic) bond motifs is 1. The molecule has 9 heteroatoms. The molecule has 7 nitrogen and oxygen atoms in total. The van der Waals surface area contributed by atoms with E-state index in [4.69, 9.17) is 5.11 Å². The van der Waals surface area contributed by atoms with Crippen molar-refractivity contribution in [2.45, 2.75) is 23.9 Å². The molecule has 1 aliphatic carbocycles. The van der Waals surface area contributed by atoms with Crippen LogP contribution in [0.2, 0.25) is 0 Å². The van der Waals surface area contributed by atoms with Crippen LogP contribution in [0.3, 0.4) is 0 Å². The number of sulfone groups is 1. The Labute approximate surface area is 157 Å². The van der Waals surface area contributed by atoms with Gasteiger partial charge in [0.15, 0.2) is 5.75 Å². The molecule has 0 bridgehead atoms. The van der Waals surface area contributed by atoms with Crippen LogP contribution in [0.5, 0.6) is 0 Å². The maximum absolute atomic E-state index is 12.4. The van der Waals surface area contributed by atoms with Crippen molar-refractivity contribution in [2.75, 3.05) is 5.75 Å². The molecule has 1 aliphatic rings. The quantitative estimate of drug-likeness (QED) is 0.660. The first-order valence-corrected chi connectivity index (χ1v) is 10.4. The highest BCUT2D eigenvalue weighted by Gasteiger charge is 2.30. The zero-order chi connectivity index (χ0) is 18.5. The molecular weight excluding hydrogens is 422 g/mol. The lowest BCUT2D eigenvalue weighted by atomic mass is 9.99. The minimum atomic E-state index is -4.14. The molecule has 1 fully saturated rings. The number of rotatable bonds is 5. The molecule has 1 aromatic heterocycles. The summed E-state index contributed by atoms with van der Waals surface area (Å²) in [5.41, 5.74) is 1.83. The van der Waals surface area contributed by atoms with Crippen molar-refractivity contribution in [1.29, 1.82) is 0 Å². The predicted octanol–water partition coefficient (Wildman–Crippen LogP) is 2.92. The Morgan fingerprint density at radius 1 is 1.15 bits per heavy atom. The number of carbonyl (C=O) groups is 1. The first-order chi connectivity index (χ1) is 12.4. The van der Waals surface area contributed by atoms with Gasteiger partial charge in [0.05, 0.1) is 5.69 Å². The SMILES string of the molecule is O=C(O)CS(=O)(=O)c1nnc(Br)n1-c1ccc(C2CC2)c2ccccc12. The van der Waals surface area contributed by atoms with E-state index >= 15 is 0 Å². The number of aliphatic carboxylic acids is 1. The predicted molar refractivity (Wildman–Crippen MR) is 98.2 cm³/mol. The normalized spacial score (nSPS) is 14.7. The van der Waals surface area contributed by atoms with Crippen LogP contribution >= 0.6 is 15.9 Å². The summed E-state index contributed by atoms with van der Waals surface area (Å²) in [5, 5.41) is 17.9. The van der Waals surface area contributed by atoms with Gasteiger partial charge in [0, 0.05) is 5.39 Å². The van der Waals surface area contributed by atoms with Crippen LogP contribution < -0.4 is 0 Å². The smallest absolute Gasteiger partial charge is 0.319 e. The third-order valence-electron chi connectivity index (χ3n) is 4.38. The number of carboxylic acids is 1. The van der Waals surface area contributed by atoms with E-state index in [0.29, 0.717) is 11.6 Å². The van der Waals surface area contributed by atoms with Crippen LogP contribution in [0.1, 0.15) is 24.3 Å². The van der Waals surface area contributed by atoms with E-state index in [1.54, 1.807) is 0 Å². The van der Waals surface area contributed by atoms with E-state index in [2.05, 4.69) is 26.1 Å². The average molecular weight is 436 g/mol. The fourth-order valence-electron chi connectivity index (χ4n) is 3.14. The molecule has 0 unspecified atom stereocenters. The lowest BCUT2D eigenvalue weighted by Gasteiger charge is -2.13. The summed E-state index contributed by atoms with van der Waals surface area (Å²) in [5.74, 6) is -1.95. The highest BCUT2D eigenvalue weighted by atomic mass is 79.9. The van der Waals surface area contributed by atoms with E-state index in [0.717, 1.165) is 23.6 Å². The van der Waals surface area contributed by atoms with Crippen LogP contribution in [0, 0.1) is 0 Å². The number of aromatic nitrogens is 3. The molecule has 2 aromatic carbocycles. The third-order valence-corrected chi connectivity index (χ3v) is 6.34. The summed E-state index contributed by atoms with van der Waals surface area (Å²) in [6.07, 6.45) is 2.30. The molecular formula is C17H14BrN3O4S. The molecule has 0 spiro atoms. The maximum Gasteiger partial charge on any atom is 0.319 e. The van der Waals surface area contributed by atoms with Gasteiger partial charge in [-0.1, -0.05) is 30.3 Å². The molecule has 0 radical (unpaired) electrons. The standard InChI is InChI=1S/C17H14BrN3O4S/c18-16-19-20-17(26(24,25)9-15(22)23)21(16)14-8-7-11(10-5-6-10)12-3-1-2-4-13(12)14/h1-4,7-8,10H,5-6,9H2,(H,22,23). The van der Waals surface area contributed by atoms with Crippen LogP contribution in [0.25, 0.3) is 16.5 Å². The molecule has 1 saturated carbocycles. The fourth-order valence-corrected chi connectivity index (χ4v) is 4.77. The monoisotopic (exact) mass is 435 g/mol. The van der Waals surface area contributed by atoms with E-state index in [1.165, 1.54) is 10.1 Å². The van der Waals surface area contributed by atoms with E-state index < -0.39 is 26.7 Å². The van der Waals surface area contributed by atoms with Crippen molar-refractivity contribution < 1.29 is 18.3 Å². The van der Waals surface area contributed by atoms with Crippen molar-refractivity contribution >= 4 is 42.5 Å². The molecule has 0 atom stereocenters. The van der Waals surface area contributed by atoms with Crippen molar-refractivity contribution in [2.24, 2.45) is 0 Å². The summed E-state index contributed by atoms with van der Waals surface area (Å²) < 4.78 is 26.4. The first-order valence-electron chi connectivity index (χ1n) is 7.96. The fraction of sp³-hybridized carbons (Fsp3) is 0.235. The molecule has 26 heavy (non-hydrogen) atoms. The zero-order valence-corrected chi connectivity index (χ0v) is 15.9. The van der Waals surface area contributed by atoms with Crippen LogP contribution in [-0.2, 0) is 14.6 Å². The molecule has 134 valence electrons. The summed E-state index contributed by atoms with van der Waals surface area (Å²) in [7, 11) is -4.14. The number of benzene rings is 2. The van der Waals surface area contributed by atoms with Gasteiger partial charge in [-0.05, 0) is 51.7 Å². The highest BCUT2D eigenvalue weighted by molar-refractivity contribution is 9.10. The Bertz CT molecular complexity index is 1140. The summed E-state index contributed by atoms with van der Waals surface area (Å²) >= 11 is 3.24. The van der Waals surface area contributed by atoms with Gasteiger partial charge in [-0.15, -0.1) is 10.2 Å². The van der Waals surface area contributed by atoms with Gasteiger partial charge in [-0.25, -0.2) is 8.42 Å². The van der Waals surface area contributed by atoms with Gasteiger partial charge in [0.1, 0.15) is 0 Å². The van der Waals surface area contributed by atoms with Crippen LogP contribution in [-0.4, -0.2) is 40.0 Å². The summed E-state index contributed by atoms with van der Waals surface area (Å²) in [4.78, 5) is 10.9. The van der Waals surface area contributed by atoms with Gasteiger partial charge in [-0.3, -0.25) is 9.36 Å². The summed E-state index contributed by atoms with van der Waals surface area (Å²) in [6, 6.07) is 11.6. The van der Waals surface area contributed by atoms with Gasteiger partial charge in [0.2, 0.25) is 14.6 Å². The Hall–Kier alpha value is -2.26. The number of halogens is 1. The number of carboxylic acid groups (broad SMARTS) is 1. The number of hydrogen-bond donors (Lipinski definition) is 1. The molecule has 1 N–H and O–H groups in total. The van der Waals surface area contributed by atoms with Crippen molar-refractivity contribution in [1.82, 2.24) is 14.8 Å². The second-order valence-electron chi connectivity index (χ2n) is 6.23. The van der Waals surface area contributed by atoms with Crippen LogP contribution in [0.15, 0.2) is 46.3 Å². The largest absolute Gasteiger partial charge is 0.480 e. The van der Waals surface area contributed by atoms with Gasteiger partial charge in [0.25, 0.3) is 5.16 Å². The van der Waals surface area contributed by atoms with E-state index in [-0.39, 0.29) is 4.73 Å². The first kappa shape index (κ1) is 17.2. The minimum absolute atomic E-state index is 0.200. The van der Waals surface area contributed by atoms with E-state index in [9.17, 15) is 13.2 Å². The molecule has 0 amide bonds. The molecule has 0 saturated heterocycles. The second-order valence-corrected chi connectivity index (χ2v) is 8.83. The lowest BCUT2D eigenvalue weighted by molar-refractivity contribution is -0.134. The Morgan fingerprint density at radius 3 is 2.50 bits per heavy atom. The Morgan fingerprint density at radius 2 is 1.85 bits per heavy atom. The van der Waals surface area contributed by atoms with Gasteiger partial charge >= 0.3 is 5.97 Å². The number of nitrogens with zero attached hydrogens (tertiary/aromatic N) is 3. The molecule has 0 aliphatic heterocycles. The van der Waals surface area contributed by atoms with Crippen molar-refractivity contribution in [3.05, 3.63) is 46.7 Å². The molecule has 4 rings (SSSR count). The summed E-state index contributed by atoms with van der Waals surface area (Å²) in [6.45, 7) is 0. The van der Waals surface area contributed by atoms with E-state index in [1.807, 2.05) is 36.4 Å². The second kappa shape index (κ2) is 6.17. The van der Waals surface area contributed by atoms with Crippen LogP contribution in [0.4, 0.5) is 0 Å². The minimum Gasteiger partial charge on any atom is -0.480 e. The lowest BCUT2D eigenvalue weighted by Crippen LogP contribution is -2.19. The zero-order valence-electron chi connectivity index (χ0n) is 13.5. The highest BCUT2D eigenvalue weighted by Crippen LogP contribution is 2.44. The molecule has 1 heterocycles. The third kappa shape index (κ3) is 2.90. The molecule has 3 aromatic rings. The maximum atomic E-state index is 12.4. The Kier molecular flexibility index (Phi) is 4.07. The Balaban J connectivity index is 1.97. The van der Waals surface area contributed by atoms with Gasteiger partial charge < -0.3 is 5.11 Å². The van der Waals surface area contributed by atoms with Gasteiger partial charge in [-0.2, -0.15) is 0 Å². The number of hydrogen-bond acceptors (Lipinski definition) is 5. The topological polar surface area (TPSA) is 102 Å². The van der Waals surface area contributed by atoms with Crippen molar-refractivity contribution in [3.8, 4) is 5.69 Å².